The molecule has 0 aliphatic carbocycles. The molecular weight excluding hydrogens is 188 g/mol. The maximum atomic E-state index is 11.4. The summed E-state index contributed by atoms with van der Waals surface area (Å²) in [5, 5.41) is 0. The third-order valence-electron chi connectivity index (χ3n) is 3.16. The molecule has 1 amide bonds. The van der Waals surface area contributed by atoms with Gasteiger partial charge in [-0.2, -0.15) is 0 Å². The average molecular weight is 204 g/mol. The van der Waals surface area contributed by atoms with Gasteiger partial charge < -0.3 is 10.6 Å². The van der Waals surface area contributed by atoms with E-state index in [1.54, 1.807) is 0 Å². The van der Waals surface area contributed by atoms with Crippen LogP contribution in [0.5, 0.6) is 0 Å². The molecule has 1 aromatic rings. The number of carbonyl (C=O) groups is 1. The molecule has 1 aliphatic rings. The number of nitrogens with zero attached hydrogens (tertiary/aromatic N) is 1. The van der Waals surface area contributed by atoms with Crippen molar-refractivity contribution in [3.8, 4) is 0 Å². The van der Waals surface area contributed by atoms with Gasteiger partial charge in [0.15, 0.2) is 0 Å². The fourth-order valence-electron chi connectivity index (χ4n) is 2.28. The molecule has 0 bridgehead atoms. The van der Waals surface area contributed by atoms with Crippen molar-refractivity contribution in [2.45, 2.75) is 13.3 Å². The molecule has 3 heteroatoms. The maximum absolute atomic E-state index is 11.4. The van der Waals surface area contributed by atoms with Crippen molar-refractivity contribution in [3.63, 3.8) is 0 Å². The van der Waals surface area contributed by atoms with Crippen LogP contribution in [-0.2, 0) is 11.2 Å². The van der Waals surface area contributed by atoms with Gasteiger partial charge in [0, 0.05) is 19.3 Å². The Balaban J connectivity index is 2.42. The first-order valence-corrected chi connectivity index (χ1v) is 5.12. The Hall–Kier alpha value is -1.51. The third-order valence-corrected chi connectivity index (χ3v) is 3.16. The van der Waals surface area contributed by atoms with Gasteiger partial charge in [-0.3, -0.25) is 4.79 Å². The lowest BCUT2D eigenvalue weighted by molar-refractivity contribution is -0.126. The topological polar surface area (TPSA) is 46.3 Å². The predicted molar refractivity (Wildman–Crippen MR) is 60.7 cm³/mol. The van der Waals surface area contributed by atoms with Crippen molar-refractivity contribution in [1.29, 1.82) is 0 Å². The zero-order chi connectivity index (χ0) is 11.1. The van der Waals surface area contributed by atoms with Gasteiger partial charge in [-0.1, -0.05) is 18.2 Å². The van der Waals surface area contributed by atoms with Crippen LogP contribution in [0.2, 0.25) is 0 Å². The average Bonchev–Trinajstić information content (AvgIpc) is 2.17. The van der Waals surface area contributed by atoms with Crippen LogP contribution >= 0.6 is 0 Å². The molecule has 3 nitrogen and oxygen atoms in total. The second kappa shape index (κ2) is 3.26. The van der Waals surface area contributed by atoms with Gasteiger partial charge in [-0.05, 0) is 25.0 Å². The standard InChI is InChI=1S/C12H16N2O/c1-12(11(13)15)7-9-5-3-4-6-10(9)14(2)8-12/h3-6H,7-8H2,1-2H3,(H2,13,15). The van der Waals surface area contributed by atoms with Crippen LogP contribution in [0, 0.1) is 5.41 Å². The van der Waals surface area contributed by atoms with Gasteiger partial charge in [0.2, 0.25) is 5.91 Å². The molecule has 1 atom stereocenters. The number of rotatable bonds is 1. The molecule has 0 radical (unpaired) electrons. The Bertz CT molecular complexity index is 402. The maximum Gasteiger partial charge on any atom is 0.225 e. The zero-order valence-electron chi connectivity index (χ0n) is 9.16. The van der Waals surface area contributed by atoms with Crippen molar-refractivity contribution in [2.75, 3.05) is 18.5 Å². The number of primary amides is 1. The van der Waals surface area contributed by atoms with Crippen LogP contribution in [0.3, 0.4) is 0 Å². The van der Waals surface area contributed by atoms with Crippen LogP contribution in [0.25, 0.3) is 0 Å². The smallest absolute Gasteiger partial charge is 0.225 e. The van der Waals surface area contributed by atoms with E-state index >= 15 is 0 Å². The SMILES string of the molecule is CN1CC(C)(C(N)=O)Cc2ccccc21. The van der Waals surface area contributed by atoms with Crippen LogP contribution in [0.15, 0.2) is 24.3 Å². The van der Waals surface area contributed by atoms with E-state index in [0.717, 1.165) is 6.42 Å². The molecule has 2 rings (SSSR count). The van der Waals surface area contributed by atoms with E-state index in [1.807, 2.05) is 26.1 Å². The van der Waals surface area contributed by atoms with Gasteiger partial charge in [-0.25, -0.2) is 0 Å². The lowest BCUT2D eigenvalue weighted by atomic mass is 9.79. The number of para-hydroxylation sites is 1. The Kier molecular flexibility index (Phi) is 2.18. The molecule has 80 valence electrons. The number of carbonyl (C=O) groups excluding carboxylic acids is 1. The van der Waals surface area contributed by atoms with Crippen LogP contribution < -0.4 is 10.6 Å². The normalized spacial score (nSPS) is 24.8. The summed E-state index contributed by atoms with van der Waals surface area (Å²) < 4.78 is 0. The first kappa shape index (κ1) is 10.0. The van der Waals surface area contributed by atoms with E-state index in [2.05, 4.69) is 17.0 Å². The summed E-state index contributed by atoms with van der Waals surface area (Å²) in [4.78, 5) is 13.5. The second-order valence-corrected chi connectivity index (χ2v) is 4.59. The summed E-state index contributed by atoms with van der Waals surface area (Å²) in [6.45, 7) is 2.63. The highest BCUT2D eigenvalue weighted by molar-refractivity contribution is 5.83. The second-order valence-electron chi connectivity index (χ2n) is 4.59. The van der Waals surface area contributed by atoms with E-state index in [4.69, 9.17) is 5.73 Å². The number of amides is 1. The van der Waals surface area contributed by atoms with Crippen LogP contribution in [0.1, 0.15) is 12.5 Å². The van der Waals surface area contributed by atoms with E-state index in [0.29, 0.717) is 6.54 Å². The minimum Gasteiger partial charge on any atom is -0.373 e. The lowest BCUT2D eigenvalue weighted by Crippen LogP contribution is -2.48. The molecule has 0 saturated heterocycles. The number of nitrogens with two attached hydrogens (primary N) is 1. The quantitative estimate of drug-likeness (QED) is 0.746. The van der Waals surface area contributed by atoms with Crippen molar-refractivity contribution in [2.24, 2.45) is 11.1 Å². The largest absolute Gasteiger partial charge is 0.373 e. The van der Waals surface area contributed by atoms with Crippen molar-refractivity contribution >= 4 is 11.6 Å². The predicted octanol–water partition coefficient (Wildman–Crippen LogP) is 1.17. The Morgan fingerprint density at radius 1 is 1.47 bits per heavy atom. The molecule has 0 saturated carbocycles. The van der Waals surface area contributed by atoms with Crippen molar-refractivity contribution in [3.05, 3.63) is 29.8 Å². The van der Waals surface area contributed by atoms with Gasteiger partial charge >= 0.3 is 0 Å². The van der Waals surface area contributed by atoms with Crippen LogP contribution in [-0.4, -0.2) is 19.5 Å². The highest BCUT2D eigenvalue weighted by Gasteiger charge is 2.37. The first-order valence-electron chi connectivity index (χ1n) is 5.12. The molecule has 0 spiro atoms. The summed E-state index contributed by atoms with van der Waals surface area (Å²) in [5.74, 6) is -0.219. The molecule has 0 fully saturated rings. The number of fused-ring (bicyclic) bond motifs is 1. The minimum absolute atomic E-state index is 0.219. The summed E-state index contributed by atoms with van der Waals surface area (Å²) >= 11 is 0. The number of hydrogen-bond acceptors (Lipinski definition) is 2. The fourth-order valence-corrected chi connectivity index (χ4v) is 2.28. The minimum atomic E-state index is -0.441. The molecule has 1 heterocycles. The Morgan fingerprint density at radius 2 is 2.13 bits per heavy atom. The van der Waals surface area contributed by atoms with Crippen molar-refractivity contribution < 1.29 is 4.79 Å². The van der Waals surface area contributed by atoms with E-state index in [-0.39, 0.29) is 5.91 Å². The van der Waals surface area contributed by atoms with Gasteiger partial charge in [0.25, 0.3) is 0 Å². The summed E-state index contributed by atoms with van der Waals surface area (Å²) in [5.41, 5.74) is 7.42. The van der Waals surface area contributed by atoms with Crippen molar-refractivity contribution in [1.82, 2.24) is 0 Å². The molecule has 1 aromatic carbocycles. The molecule has 1 unspecified atom stereocenters. The summed E-state index contributed by atoms with van der Waals surface area (Å²) in [6, 6.07) is 8.16. The van der Waals surface area contributed by atoms with Crippen LogP contribution in [0.4, 0.5) is 5.69 Å². The summed E-state index contributed by atoms with van der Waals surface area (Å²) in [7, 11) is 2.00. The molecule has 0 aromatic heterocycles. The number of benzene rings is 1. The fraction of sp³-hybridized carbons (Fsp3) is 0.417. The van der Waals surface area contributed by atoms with E-state index < -0.39 is 5.41 Å². The molecule has 1 aliphatic heterocycles. The zero-order valence-corrected chi connectivity index (χ0v) is 9.16. The van der Waals surface area contributed by atoms with Gasteiger partial charge in [-0.15, -0.1) is 0 Å². The first-order chi connectivity index (χ1) is 7.03. The third kappa shape index (κ3) is 1.58. The molecule has 2 N–H and O–H groups in total. The Morgan fingerprint density at radius 3 is 2.80 bits per heavy atom. The lowest BCUT2D eigenvalue weighted by Gasteiger charge is -2.38. The number of hydrogen-bond donors (Lipinski definition) is 1. The highest BCUT2D eigenvalue weighted by atomic mass is 16.1. The van der Waals surface area contributed by atoms with Gasteiger partial charge in [0.05, 0.1) is 5.41 Å². The monoisotopic (exact) mass is 204 g/mol. The Labute approximate surface area is 89.9 Å². The number of anilines is 1. The molecular formula is C12H16N2O. The highest BCUT2D eigenvalue weighted by Crippen LogP contribution is 2.35. The van der Waals surface area contributed by atoms with E-state index in [9.17, 15) is 4.79 Å². The van der Waals surface area contributed by atoms with E-state index in [1.165, 1.54) is 11.3 Å². The molecule has 15 heavy (non-hydrogen) atoms. The van der Waals surface area contributed by atoms with Gasteiger partial charge in [0.1, 0.15) is 0 Å². The summed E-state index contributed by atoms with van der Waals surface area (Å²) in [6.07, 6.45) is 0.739.